The van der Waals surface area contributed by atoms with Gasteiger partial charge in [-0.2, -0.15) is 0 Å². The maximum Gasteiger partial charge on any atom is 0.270 e. The van der Waals surface area contributed by atoms with Crippen LogP contribution in [0.2, 0.25) is 0 Å². The average molecular weight is 555 g/mol. The monoisotopic (exact) mass is 554 g/mol. The highest BCUT2D eigenvalue weighted by atomic mass is 32.2. The van der Waals surface area contributed by atoms with E-state index in [1.54, 1.807) is 23.1 Å². The van der Waals surface area contributed by atoms with E-state index >= 15 is 0 Å². The van der Waals surface area contributed by atoms with Gasteiger partial charge in [-0.05, 0) is 72.3 Å². The lowest BCUT2D eigenvalue weighted by Gasteiger charge is -2.17. The Morgan fingerprint density at radius 1 is 0.974 bits per heavy atom. The molecule has 1 N–H and O–H groups in total. The van der Waals surface area contributed by atoms with Crippen LogP contribution < -0.4 is 19.7 Å². The number of anilines is 2. The first-order valence-corrected chi connectivity index (χ1v) is 13.5. The number of nitrogens with one attached hydrogen (secondary N) is 1. The molecule has 0 aromatic heterocycles. The van der Waals surface area contributed by atoms with E-state index in [0.717, 1.165) is 38.8 Å². The van der Waals surface area contributed by atoms with Crippen molar-refractivity contribution in [2.75, 3.05) is 23.9 Å². The smallest absolute Gasteiger partial charge is 0.270 e. The third-order valence-corrected chi connectivity index (χ3v) is 7.74. The van der Waals surface area contributed by atoms with Crippen LogP contribution in [0.1, 0.15) is 16.7 Å². The van der Waals surface area contributed by atoms with Crippen LogP contribution in [0, 0.1) is 13.8 Å². The van der Waals surface area contributed by atoms with Crippen molar-refractivity contribution in [1.82, 2.24) is 0 Å². The molecular formula is C31H26N2O4S2. The van der Waals surface area contributed by atoms with Gasteiger partial charge < -0.3 is 14.8 Å². The number of hydrogen-bond acceptors (Lipinski definition) is 6. The van der Waals surface area contributed by atoms with Crippen LogP contribution in [-0.4, -0.2) is 29.9 Å². The summed E-state index contributed by atoms with van der Waals surface area (Å²) in [6.45, 7) is 3.84. The summed E-state index contributed by atoms with van der Waals surface area (Å²) >= 11 is 6.85. The van der Waals surface area contributed by atoms with E-state index in [-0.39, 0.29) is 18.4 Å². The molecule has 0 atom stereocenters. The maximum atomic E-state index is 13.4. The van der Waals surface area contributed by atoms with Gasteiger partial charge in [0.2, 0.25) is 0 Å². The molecule has 196 valence electrons. The molecule has 5 rings (SSSR count). The van der Waals surface area contributed by atoms with Crippen LogP contribution in [0.4, 0.5) is 11.4 Å². The van der Waals surface area contributed by atoms with Gasteiger partial charge in [0.05, 0.1) is 17.7 Å². The fourth-order valence-electron chi connectivity index (χ4n) is 4.28. The summed E-state index contributed by atoms with van der Waals surface area (Å²) in [4.78, 5) is 27.9. The molecule has 8 heteroatoms. The predicted molar refractivity (Wildman–Crippen MR) is 163 cm³/mol. The Labute approximate surface area is 236 Å². The maximum absolute atomic E-state index is 13.4. The number of thioether (sulfide) groups is 1. The molecule has 39 heavy (non-hydrogen) atoms. The van der Waals surface area contributed by atoms with Crippen LogP contribution >= 0.6 is 24.0 Å². The van der Waals surface area contributed by atoms with Crippen LogP contribution in [0.3, 0.4) is 0 Å². The summed E-state index contributed by atoms with van der Waals surface area (Å²) in [7, 11) is 1.53. The van der Waals surface area contributed by atoms with Gasteiger partial charge in [0.1, 0.15) is 0 Å². The Balaban J connectivity index is 1.30. The van der Waals surface area contributed by atoms with Gasteiger partial charge in [-0.15, -0.1) is 0 Å². The van der Waals surface area contributed by atoms with E-state index in [4.69, 9.17) is 21.7 Å². The number of hydrogen-bond donors (Lipinski definition) is 1. The highest BCUT2D eigenvalue weighted by Gasteiger charge is 2.34. The van der Waals surface area contributed by atoms with Crippen molar-refractivity contribution >= 4 is 68.3 Å². The van der Waals surface area contributed by atoms with Gasteiger partial charge in [0.15, 0.2) is 22.4 Å². The van der Waals surface area contributed by atoms with E-state index < -0.39 is 0 Å². The number of nitrogens with zero attached hydrogens (tertiary/aromatic N) is 1. The fourth-order valence-corrected chi connectivity index (χ4v) is 5.57. The van der Waals surface area contributed by atoms with Gasteiger partial charge >= 0.3 is 0 Å². The number of ether oxygens (including phenoxy) is 2. The molecule has 1 fully saturated rings. The quantitative estimate of drug-likeness (QED) is 0.198. The van der Waals surface area contributed by atoms with E-state index in [1.165, 1.54) is 18.9 Å². The Bertz CT molecular complexity index is 1640. The van der Waals surface area contributed by atoms with Crippen molar-refractivity contribution < 1.29 is 19.1 Å². The number of carbonyl (C=O) groups is 2. The molecule has 0 aliphatic carbocycles. The molecule has 1 aliphatic rings. The highest BCUT2D eigenvalue weighted by Crippen LogP contribution is 2.39. The molecule has 6 nitrogen and oxygen atoms in total. The molecule has 0 radical (unpaired) electrons. The van der Waals surface area contributed by atoms with Gasteiger partial charge in [-0.25, -0.2) is 0 Å². The lowest BCUT2D eigenvalue weighted by atomic mass is 10.1. The zero-order valence-electron chi connectivity index (χ0n) is 21.7. The fraction of sp³-hybridized carbons (Fsp3) is 0.129. The Kier molecular flexibility index (Phi) is 7.67. The molecule has 1 saturated heterocycles. The lowest BCUT2D eigenvalue weighted by Crippen LogP contribution is -2.27. The average Bonchev–Trinajstić information content (AvgIpc) is 3.21. The number of rotatable bonds is 7. The van der Waals surface area contributed by atoms with Crippen LogP contribution in [0.5, 0.6) is 11.5 Å². The number of amides is 2. The van der Waals surface area contributed by atoms with Gasteiger partial charge in [-0.1, -0.05) is 72.5 Å². The molecule has 4 aromatic carbocycles. The number of aryl methyl sites for hydroxylation is 2. The second kappa shape index (κ2) is 11.3. The van der Waals surface area contributed by atoms with Crippen molar-refractivity contribution in [2.45, 2.75) is 13.8 Å². The zero-order valence-corrected chi connectivity index (χ0v) is 23.3. The minimum absolute atomic E-state index is 0.174. The highest BCUT2D eigenvalue weighted by molar-refractivity contribution is 8.27. The van der Waals surface area contributed by atoms with E-state index in [0.29, 0.717) is 20.7 Å². The topological polar surface area (TPSA) is 67.9 Å². The summed E-state index contributed by atoms with van der Waals surface area (Å²) in [6.07, 6.45) is 1.78. The summed E-state index contributed by atoms with van der Waals surface area (Å²) in [5.41, 5.74) is 4.48. The number of benzene rings is 4. The standard InChI is InChI=1S/C31H26N2O4S2/c1-19-11-13-23(15-20(19)2)32-29(34)18-37-26-14-12-21(16-27(26)36-3)17-28-30(35)33(31(38)39-28)25-10-6-8-22-7-4-5-9-24(22)25/h4-17H,18H2,1-3H3,(H,32,34)/b28-17-. The van der Waals surface area contributed by atoms with Gasteiger partial charge in [-0.3, -0.25) is 14.5 Å². The summed E-state index contributed by atoms with van der Waals surface area (Å²) in [6, 6.07) is 24.8. The molecule has 0 bridgehead atoms. The number of methoxy groups -OCH3 is 1. The molecule has 4 aromatic rings. The van der Waals surface area contributed by atoms with E-state index in [9.17, 15) is 9.59 Å². The molecule has 0 unspecified atom stereocenters. The number of carbonyl (C=O) groups excluding carboxylic acids is 2. The molecule has 1 heterocycles. The summed E-state index contributed by atoms with van der Waals surface area (Å²) < 4.78 is 11.7. The molecular weight excluding hydrogens is 528 g/mol. The Morgan fingerprint density at radius 2 is 1.77 bits per heavy atom. The minimum Gasteiger partial charge on any atom is -0.493 e. The van der Waals surface area contributed by atoms with Crippen molar-refractivity contribution in [3.63, 3.8) is 0 Å². The predicted octanol–water partition coefficient (Wildman–Crippen LogP) is 6.89. The van der Waals surface area contributed by atoms with Crippen LogP contribution in [0.25, 0.3) is 16.8 Å². The number of fused-ring (bicyclic) bond motifs is 1. The number of thiocarbonyl (C=S) groups is 1. The van der Waals surface area contributed by atoms with Gasteiger partial charge in [0.25, 0.3) is 11.8 Å². The van der Waals surface area contributed by atoms with Crippen LogP contribution in [-0.2, 0) is 9.59 Å². The largest absolute Gasteiger partial charge is 0.493 e. The minimum atomic E-state index is -0.276. The Hall–Kier alpha value is -4.14. The first-order chi connectivity index (χ1) is 18.8. The summed E-state index contributed by atoms with van der Waals surface area (Å²) in [5.74, 6) is 0.422. The van der Waals surface area contributed by atoms with Crippen molar-refractivity contribution in [1.29, 1.82) is 0 Å². The third kappa shape index (κ3) is 5.67. The van der Waals surface area contributed by atoms with Crippen molar-refractivity contribution in [3.8, 4) is 11.5 Å². The first-order valence-electron chi connectivity index (χ1n) is 12.3. The molecule has 1 aliphatic heterocycles. The zero-order chi connectivity index (χ0) is 27.5. The van der Waals surface area contributed by atoms with Gasteiger partial charge in [0, 0.05) is 11.1 Å². The molecule has 2 amide bonds. The normalized spacial score (nSPS) is 14.2. The van der Waals surface area contributed by atoms with Crippen LogP contribution in [0.15, 0.2) is 83.8 Å². The summed E-state index contributed by atoms with van der Waals surface area (Å²) in [5, 5.41) is 4.84. The first kappa shape index (κ1) is 26.5. The third-order valence-electron chi connectivity index (χ3n) is 6.44. The Morgan fingerprint density at radius 3 is 2.56 bits per heavy atom. The van der Waals surface area contributed by atoms with E-state index in [1.807, 2.05) is 80.6 Å². The second-order valence-corrected chi connectivity index (χ2v) is 10.7. The van der Waals surface area contributed by atoms with Crippen molar-refractivity contribution in [2.24, 2.45) is 0 Å². The second-order valence-electron chi connectivity index (χ2n) is 9.06. The van der Waals surface area contributed by atoms with Crippen molar-refractivity contribution in [3.05, 3.63) is 100 Å². The molecule has 0 saturated carbocycles. The SMILES string of the molecule is COc1cc(/C=C2\SC(=S)N(c3cccc4ccccc34)C2=O)ccc1OCC(=O)Nc1ccc(C)c(C)c1. The molecule has 0 spiro atoms. The van der Waals surface area contributed by atoms with E-state index in [2.05, 4.69) is 5.32 Å². The lowest BCUT2D eigenvalue weighted by molar-refractivity contribution is -0.118.